The van der Waals surface area contributed by atoms with E-state index in [-0.39, 0.29) is 18.2 Å². The standard InChI is InChI=1S/C16H22N2O2S/c19-16(18-7-10-21-11-8-18)17-14-6-9-20-15(12-14)13-4-2-1-3-5-13/h1-5,14-15H,6-12H2,(H,17,19). The van der Waals surface area contributed by atoms with Crippen molar-refractivity contribution in [3.8, 4) is 0 Å². The summed E-state index contributed by atoms with van der Waals surface area (Å²) in [5.41, 5.74) is 1.20. The smallest absolute Gasteiger partial charge is 0.317 e. The first-order valence-corrected chi connectivity index (χ1v) is 8.78. The van der Waals surface area contributed by atoms with E-state index in [2.05, 4.69) is 17.4 Å². The summed E-state index contributed by atoms with van der Waals surface area (Å²) >= 11 is 1.92. The summed E-state index contributed by atoms with van der Waals surface area (Å²) < 4.78 is 5.85. The van der Waals surface area contributed by atoms with Gasteiger partial charge in [0.25, 0.3) is 0 Å². The molecule has 2 saturated heterocycles. The highest BCUT2D eigenvalue weighted by Crippen LogP contribution is 2.28. The van der Waals surface area contributed by atoms with E-state index in [1.54, 1.807) is 0 Å². The Labute approximate surface area is 130 Å². The van der Waals surface area contributed by atoms with Crippen molar-refractivity contribution in [2.45, 2.75) is 25.0 Å². The first-order chi connectivity index (χ1) is 10.3. The monoisotopic (exact) mass is 306 g/mol. The number of thioether (sulfide) groups is 1. The molecule has 2 heterocycles. The number of carbonyl (C=O) groups is 1. The van der Waals surface area contributed by atoms with Crippen molar-refractivity contribution in [1.82, 2.24) is 10.2 Å². The number of nitrogens with zero attached hydrogens (tertiary/aromatic N) is 1. The van der Waals surface area contributed by atoms with Crippen LogP contribution in [0.2, 0.25) is 0 Å². The van der Waals surface area contributed by atoms with Crippen molar-refractivity contribution in [2.75, 3.05) is 31.2 Å². The summed E-state index contributed by atoms with van der Waals surface area (Å²) in [4.78, 5) is 14.2. The molecule has 0 aliphatic carbocycles. The summed E-state index contributed by atoms with van der Waals surface area (Å²) in [5.74, 6) is 2.10. The summed E-state index contributed by atoms with van der Waals surface area (Å²) in [6.45, 7) is 2.43. The molecular formula is C16H22N2O2S. The zero-order chi connectivity index (χ0) is 14.5. The lowest BCUT2D eigenvalue weighted by atomic mass is 9.97. The van der Waals surface area contributed by atoms with Crippen LogP contribution in [0.25, 0.3) is 0 Å². The molecule has 0 radical (unpaired) electrons. The first kappa shape index (κ1) is 14.7. The van der Waals surface area contributed by atoms with E-state index < -0.39 is 0 Å². The van der Waals surface area contributed by atoms with Crippen molar-refractivity contribution >= 4 is 17.8 Å². The number of hydrogen-bond acceptors (Lipinski definition) is 3. The van der Waals surface area contributed by atoms with Crippen LogP contribution in [-0.4, -0.2) is 48.2 Å². The highest BCUT2D eigenvalue weighted by Gasteiger charge is 2.26. The molecule has 2 aliphatic heterocycles. The number of urea groups is 1. The summed E-state index contributed by atoms with van der Waals surface area (Å²) in [5, 5.41) is 3.19. The van der Waals surface area contributed by atoms with Gasteiger partial charge in [0.15, 0.2) is 0 Å². The second-order valence-corrected chi connectivity index (χ2v) is 6.77. The maximum Gasteiger partial charge on any atom is 0.317 e. The van der Waals surface area contributed by atoms with Gasteiger partial charge in [0, 0.05) is 37.2 Å². The van der Waals surface area contributed by atoms with Crippen LogP contribution in [0, 0.1) is 0 Å². The van der Waals surface area contributed by atoms with Gasteiger partial charge in [-0.25, -0.2) is 4.79 Å². The number of benzene rings is 1. The number of amides is 2. The average Bonchev–Trinajstić information content (AvgIpc) is 2.57. The molecule has 0 bridgehead atoms. The molecule has 0 aromatic heterocycles. The van der Waals surface area contributed by atoms with E-state index in [0.717, 1.165) is 37.4 Å². The molecule has 0 saturated carbocycles. The molecule has 2 unspecified atom stereocenters. The molecule has 0 spiro atoms. The van der Waals surface area contributed by atoms with Crippen LogP contribution in [-0.2, 0) is 4.74 Å². The largest absolute Gasteiger partial charge is 0.373 e. The third-order valence-corrected chi connectivity index (χ3v) is 5.02. The zero-order valence-electron chi connectivity index (χ0n) is 12.2. The van der Waals surface area contributed by atoms with Gasteiger partial charge in [-0.2, -0.15) is 11.8 Å². The van der Waals surface area contributed by atoms with E-state index in [1.165, 1.54) is 5.56 Å². The van der Waals surface area contributed by atoms with Crippen LogP contribution in [0.4, 0.5) is 4.79 Å². The van der Waals surface area contributed by atoms with E-state index >= 15 is 0 Å². The fourth-order valence-electron chi connectivity index (χ4n) is 2.86. The molecular weight excluding hydrogens is 284 g/mol. The van der Waals surface area contributed by atoms with E-state index in [9.17, 15) is 4.79 Å². The van der Waals surface area contributed by atoms with Gasteiger partial charge in [-0.15, -0.1) is 0 Å². The maximum absolute atomic E-state index is 12.3. The molecule has 1 aromatic carbocycles. The summed E-state index contributed by atoms with van der Waals surface area (Å²) in [6.07, 6.45) is 1.86. The van der Waals surface area contributed by atoms with Gasteiger partial charge in [0.05, 0.1) is 6.10 Å². The minimum Gasteiger partial charge on any atom is -0.373 e. The fraction of sp³-hybridized carbons (Fsp3) is 0.562. The highest BCUT2D eigenvalue weighted by atomic mass is 32.2. The Kier molecular flexibility index (Phi) is 5.04. The molecule has 1 aromatic rings. The Balaban J connectivity index is 1.55. The van der Waals surface area contributed by atoms with Gasteiger partial charge >= 0.3 is 6.03 Å². The summed E-state index contributed by atoms with van der Waals surface area (Å²) in [6, 6.07) is 10.6. The lowest BCUT2D eigenvalue weighted by Crippen LogP contribution is -2.49. The highest BCUT2D eigenvalue weighted by molar-refractivity contribution is 7.99. The minimum atomic E-state index is 0.0917. The van der Waals surface area contributed by atoms with Gasteiger partial charge in [0.2, 0.25) is 0 Å². The van der Waals surface area contributed by atoms with Crippen molar-refractivity contribution in [1.29, 1.82) is 0 Å². The lowest BCUT2D eigenvalue weighted by Gasteiger charge is -2.33. The van der Waals surface area contributed by atoms with E-state index in [1.807, 2.05) is 34.9 Å². The molecule has 2 amide bonds. The second-order valence-electron chi connectivity index (χ2n) is 5.54. The Bertz CT molecular complexity index is 463. The zero-order valence-corrected chi connectivity index (χ0v) is 13.0. The van der Waals surface area contributed by atoms with Crippen LogP contribution in [0.15, 0.2) is 30.3 Å². The molecule has 5 heteroatoms. The van der Waals surface area contributed by atoms with Crippen LogP contribution >= 0.6 is 11.8 Å². The Morgan fingerprint density at radius 1 is 1.24 bits per heavy atom. The molecule has 4 nitrogen and oxygen atoms in total. The molecule has 2 atom stereocenters. The average molecular weight is 306 g/mol. The Morgan fingerprint density at radius 2 is 2.00 bits per heavy atom. The quantitative estimate of drug-likeness (QED) is 0.913. The normalized spacial score (nSPS) is 26.4. The van der Waals surface area contributed by atoms with E-state index in [0.29, 0.717) is 6.61 Å². The lowest BCUT2D eigenvalue weighted by molar-refractivity contribution is 0.00154. The fourth-order valence-corrected chi connectivity index (χ4v) is 3.76. The van der Waals surface area contributed by atoms with Crippen LogP contribution < -0.4 is 5.32 Å². The third-order valence-electron chi connectivity index (χ3n) is 4.08. The van der Waals surface area contributed by atoms with E-state index in [4.69, 9.17) is 4.74 Å². The minimum absolute atomic E-state index is 0.0917. The van der Waals surface area contributed by atoms with Crippen LogP contribution in [0.3, 0.4) is 0 Å². The Hall–Kier alpha value is -1.20. The third kappa shape index (κ3) is 3.92. The van der Waals surface area contributed by atoms with Gasteiger partial charge in [-0.1, -0.05) is 30.3 Å². The molecule has 114 valence electrons. The van der Waals surface area contributed by atoms with Gasteiger partial charge in [-0.05, 0) is 18.4 Å². The number of nitrogens with one attached hydrogen (secondary N) is 1. The van der Waals surface area contributed by atoms with Gasteiger partial charge in [0.1, 0.15) is 0 Å². The SMILES string of the molecule is O=C(NC1CCOC(c2ccccc2)C1)N1CCSCC1. The van der Waals surface area contributed by atoms with Crippen LogP contribution in [0.1, 0.15) is 24.5 Å². The predicted molar refractivity (Wildman–Crippen MR) is 85.6 cm³/mol. The van der Waals surface area contributed by atoms with Crippen molar-refractivity contribution in [3.63, 3.8) is 0 Å². The number of carbonyl (C=O) groups excluding carboxylic acids is 1. The van der Waals surface area contributed by atoms with Crippen molar-refractivity contribution in [2.24, 2.45) is 0 Å². The number of rotatable bonds is 2. The number of hydrogen-bond donors (Lipinski definition) is 1. The summed E-state index contributed by atoms with van der Waals surface area (Å²) in [7, 11) is 0. The molecule has 21 heavy (non-hydrogen) atoms. The molecule has 2 aliphatic rings. The predicted octanol–water partition coefficient (Wildman–Crippen LogP) is 2.67. The van der Waals surface area contributed by atoms with Crippen LogP contribution in [0.5, 0.6) is 0 Å². The molecule has 2 fully saturated rings. The second kappa shape index (κ2) is 7.18. The van der Waals surface area contributed by atoms with Gasteiger partial charge in [-0.3, -0.25) is 0 Å². The van der Waals surface area contributed by atoms with Crippen molar-refractivity contribution < 1.29 is 9.53 Å². The topological polar surface area (TPSA) is 41.6 Å². The molecule has 3 rings (SSSR count). The first-order valence-electron chi connectivity index (χ1n) is 7.62. The number of ether oxygens (including phenoxy) is 1. The van der Waals surface area contributed by atoms with Gasteiger partial charge < -0.3 is 15.0 Å². The molecule has 1 N–H and O–H groups in total. The maximum atomic E-state index is 12.3. The van der Waals surface area contributed by atoms with Crippen molar-refractivity contribution in [3.05, 3.63) is 35.9 Å². The Morgan fingerprint density at radius 3 is 2.76 bits per heavy atom.